The third-order valence-electron chi connectivity index (χ3n) is 4.47. The smallest absolute Gasteiger partial charge is 0.320 e. The number of hydrogen-bond acceptors (Lipinski definition) is 3. The lowest BCUT2D eigenvalue weighted by Crippen LogP contribution is -2.28. The van der Waals surface area contributed by atoms with Gasteiger partial charge in [-0.25, -0.2) is 14.2 Å². The highest BCUT2D eigenvalue weighted by Gasteiger charge is 2.16. The van der Waals surface area contributed by atoms with Gasteiger partial charge >= 0.3 is 6.03 Å². The lowest BCUT2D eigenvalue weighted by molar-refractivity contribution is 0.251. The van der Waals surface area contributed by atoms with E-state index in [4.69, 9.17) is 4.74 Å². The second-order valence-electron chi connectivity index (χ2n) is 6.40. The number of aromatic nitrogens is 2. The first-order valence-corrected chi connectivity index (χ1v) is 9.05. The number of benzene rings is 2. The molecule has 2 aromatic carbocycles. The zero-order valence-electron chi connectivity index (χ0n) is 15.7. The normalized spacial score (nSPS) is 10.7. The van der Waals surface area contributed by atoms with Gasteiger partial charge in [0.25, 0.3) is 0 Å². The number of ether oxygens (including phenoxy) is 1. The molecule has 4 rings (SSSR count). The van der Waals surface area contributed by atoms with Gasteiger partial charge in [-0.1, -0.05) is 18.2 Å². The number of pyridine rings is 1. The number of carbonyl (C=O) groups excluding carboxylic acids is 1. The summed E-state index contributed by atoms with van der Waals surface area (Å²) in [7, 11) is 1.60. The maximum absolute atomic E-state index is 13.3. The minimum absolute atomic E-state index is 0.331. The highest BCUT2D eigenvalue weighted by Crippen LogP contribution is 2.28. The lowest BCUT2D eigenvalue weighted by atomic mass is 10.1. The molecule has 0 radical (unpaired) electrons. The van der Waals surface area contributed by atoms with E-state index in [1.165, 1.54) is 12.1 Å². The van der Waals surface area contributed by atoms with Crippen molar-refractivity contribution in [2.45, 2.75) is 6.54 Å². The van der Waals surface area contributed by atoms with Crippen LogP contribution in [0.15, 0.2) is 72.9 Å². The second-order valence-corrected chi connectivity index (χ2v) is 6.40. The summed E-state index contributed by atoms with van der Waals surface area (Å²) in [6.07, 6.45) is 1.81. The average molecular weight is 390 g/mol. The van der Waals surface area contributed by atoms with Crippen LogP contribution in [0.2, 0.25) is 0 Å². The largest absolute Gasteiger partial charge is 0.497 e. The van der Waals surface area contributed by atoms with Crippen molar-refractivity contribution in [3.8, 4) is 17.0 Å². The fourth-order valence-corrected chi connectivity index (χ4v) is 3.04. The predicted octanol–water partition coefficient (Wildman–Crippen LogP) is 4.47. The Hall–Kier alpha value is -3.87. The van der Waals surface area contributed by atoms with Crippen LogP contribution < -0.4 is 15.4 Å². The van der Waals surface area contributed by atoms with Gasteiger partial charge in [0.05, 0.1) is 7.11 Å². The number of anilines is 1. The van der Waals surface area contributed by atoms with E-state index < -0.39 is 0 Å². The van der Waals surface area contributed by atoms with Crippen LogP contribution in [0.4, 0.5) is 15.0 Å². The molecule has 0 aliphatic carbocycles. The molecule has 0 aliphatic heterocycles. The Kier molecular flexibility index (Phi) is 5.11. The summed E-state index contributed by atoms with van der Waals surface area (Å²) in [5.41, 5.74) is 2.86. The first kappa shape index (κ1) is 18.5. The fourth-order valence-electron chi connectivity index (χ4n) is 3.04. The number of nitrogens with one attached hydrogen (secondary N) is 2. The lowest BCUT2D eigenvalue weighted by Gasteiger charge is -2.10. The van der Waals surface area contributed by atoms with Crippen LogP contribution in [0, 0.1) is 5.82 Å². The van der Waals surface area contributed by atoms with Crippen molar-refractivity contribution in [2.75, 3.05) is 12.4 Å². The number of imidazole rings is 1. The summed E-state index contributed by atoms with van der Waals surface area (Å²) in [5.74, 6) is 0.906. The Morgan fingerprint density at radius 3 is 2.72 bits per heavy atom. The van der Waals surface area contributed by atoms with Crippen LogP contribution in [0.5, 0.6) is 5.75 Å². The molecule has 6 nitrogen and oxygen atoms in total. The van der Waals surface area contributed by atoms with E-state index in [-0.39, 0.29) is 11.8 Å². The minimum atomic E-state index is -0.373. The van der Waals surface area contributed by atoms with Crippen molar-refractivity contribution < 1.29 is 13.9 Å². The Labute approximate surface area is 167 Å². The Morgan fingerprint density at radius 2 is 1.93 bits per heavy atom. The van der Waals surface area contributed by atoms with Gasteiger partial charge in [0.15, 0.2) is 0 Å². The molecule has 2 heterocycles. The van der Waals surface area contributed by atoms with Gasteiger partial charge < -0.3 is 10.1 Å². The topological polar surface area (TPSA) is 67.7 Å². The van der Waals surface area contributed by atoms with Gasteiger partial charge in [0.1, 0.15) is 28.7 Å². The maximum Gasteiger partial charge on any atom is 0.320 e. The fraction of sp³-hybridized carbons (Fsp3) is 0.0909. The number of methoxy groups -OCH3 is 1. The molecule has 0 saturated carbocycles. The number of urea groups is 1. The van der Waals surface area contributed by atoms with Gasteiger partial charge in [0, 0.05) is 18.3 Å². The highest BCUT2D eigenvalue weighted by molar-refractivity contribution is 5.93. The second kappa shape index (κ2) is 8.02. The quantitative estimate of drug-likeness (QED) is 0.528. The summed E-state index contributed by atoms with van der Waals surface area (Å²) in [4.78, 5) is 17.2. The number of fused-ring (bicyclic) bond motifs is 1. The summed E-state index contributed by atoms with van der Waals surface area (Å²) in [6.45, 7) is 0.339. The average Bonchev–Trinajstić information content (AvgIpc) is 3.11. The number of carbonyl (C=O) groups is 1. The minimum Gasteiger partial charge on any atom is -0.497 e. The summed E-state index contributed by atoms with van der Waals surface area (Å²) in [6, 6.07) is 18.7. The van der Waals surface area contributed by atoms with Crippen molar-refractivity contribution >= 4 is 17.5 Å². The van der Waals surface area contributed by atoms with Crippen LogP contribution in [0.3, 0.4) is 0 Å². The molecule has 0 aliphatic rings. The Balaban J connectivity index is 1.58. The molecule has 0 spiro atoms. The third-order valence-corrected chi connectivity index (χ3v) is 4.47. The summed E-state index contributed by atoms with van der Waals surface area (Å²) >= 11 is 0. The Bertz CT molecular complexity index is 1160. The van der Waals surface area contributed by atoms with Crippen LogP contribution in [0.1, 0.15) is 5.56 Å². The summed E-state index contributed by atoms with van der Waals surface area (Å²) in [5, 5.41) is 5.71. The Morgan fingerprint density at radius 1 is 1.10 bits per heavy atom. The number of halogens is 1. The molecule has 7 heteroatoms. The number of nitrogens with zero attached hydrogens (tertiary/aromatic N) is 2. The SMILES string of the molecule is COc1cccc(CNC(=O)Nc2c(-c3ccc(F)cc3)nc3ccccn23)c1. The van der Waals surface area contributed by atoms with E-state index in [2.05, 4.69) is 15.6 Å². The van der Waals surface area contributed by atoms with E-state index in [0.717, 1.165) is 11.3 Å². The molecular weight excluding hydrogens is 371 g/mol. The standard InChI is InChI=1S/C22H19FN4O2/c1-29-18-6-4-5-15(13-18)14-24-22(28)26-21-20(16-8-10-17(23)11-9-16)25-19-7-2-3-12-27(19)21/h2-13H,14H2,1H3,(H2,24,26,28). The third kappa shape index (κ3) is 4.03. The molecule has 2 amide bonds. The highest BCUT2D eigenvalue weighted by atomic mass is 19.1. The van der Waals surface area contributed by atoms with Crippen molar-refractivity contribution in [2.24, 2.45) is 0 Å². The van der Waals surface area contributed by atoms with E-state index in [1.54, 1.807) is 23.6 Å². The molecule has 4 aromatic rings. The number of rotatable bonds is 5. The van der Waals surface area contributed by atoms with Gasteiger partial charge in [-0.2, -0.15) is 0 Å². The van der Waals surface area contributed by atoms with Crippen molar-refractivity contribution in [3.63, 3.8) is 0 Å². The van der Waals surface area contributed by atoms with Gasteiger partial charge in [-0.05, 0) is 54.1 Å². The van der Waals surface area contributed by atoms with Crippen molar-refractivity contribution in [3.05, 3.63) is 84.3 Å². The van der Waals surface area contributed by atoms with Crippen LogP contribution in [-0.2, 0) is 6.54 Å². The van der Waals surface area contributed by atoms with Crippen molar-refractivity contribution in [1.29, 1.82) is 0 Å². The van der Waals surface area contributed by atoms with Crippen LogP contribution >= 0.6 is 0 Å². The van der Waals surface area contributed by atoms with Gasteiger partial charge in [0.2, 0.25) is 0 Å². The van der Waals surface area contributed by atoms with Gasteiger partial charge in [-0.15, -0.1) is 0 Å². The number of hydrogen-bond donors (Lipinski definition) is 2. The molecule has 0 fully saturated rings. The molecule has 0 bridgehead atoms. The van der Waals surface area contributed by atoms with Crippen LogP contribution in [-0.4, -0.2) is 22.5 Å². The molecule has 146 valence electrons. The summed E-state index contributed by atoms with van der Waals surface area (Å²) < 4.78 is 20.3. The van der Waals surface area contributed by atoms with E-state index in [0.29, 0.717) is 29.3 Å². The monoisotopic (exact) mass is 390 g/mol. The first-order chi connectivity index (χ1) is 14.1. The maximum atomic E-state index is 13.3. The zero-order valence-corrected chi connectivity index (χ0v) is 15.7. The van der Waals surface area contributed by atoms with Gasteiger partial charge in [-0.3, -0.25) is 9.72 Å². The molecular formula is C22H19FN4O2. The molecule has 0 atom stereocenters. The van der Waals surface area contributed by atoms with E-state index in [1.807, 2.05) is 48.7 Å². The molecule has 2 N–H and O–H groups in total. The van der Waals surface area contributed by atoms with E-state index in [9.17, 15) is 9.18 Å². The van der Waals surface area contributed by atoms with Crippen LogP contribution in [0.25, 0.3) is 16.9 Å². The molecule has 0 unspecified atom stereocenters. The molecule has 29 heavy (non-hydrogen) atoms. The first-order valence-electron chi connectivity index (χ1n) is 9.05. The molecule has 0 saturated heterocycles. The zero-order chi connectivity index (χ0) is 20.2. The molecule has 2 aromatic heterocycles. The van der Waals surface area contributed by atoms with Crippen molar-refractivity contribution in [1.82, 2.24) is 14.7 Å². The van der Waals surface area contributed by atoms with E-state index >= 15 is 0 Å². The predicted molar refractivity (Wildman–Crippen MR) is 109 cm³/mol. The number of amides is 2.